The molecule has 0 radical (unpaired) electrons. The lowest BCUT2D eigenvalue weighted by Gasteiger charge is -2.38. The Morgan fingerprint density at radius 1 is 1.31 bits per heavy atom. The van der Waals surface area contributed by atoms with Crippen molar-refractivity contribution in [3.05, 3.63) is 35.9 Å². The summed E-state index contributed by atoms with van der Waals surface area (Å²) in [5.74, 6) is -1.43. The Balaban J connectivity index is 1.54. The van der Waals surface area contributed by atoms with Crippen molar-refractivity contribution in [1.29, 1.82) is 0 Å². The predicted octanol–water partition coefficient (Wildman–Crippen LogP) is -0.219. The first-order valence-electron chi connectivity index (χ1n) is 8.09. The number of carboxylic acids is 1. The molecular weight excluding hydrogens is 358 g/mol. The fraction of sp³-hybridized carbons (Fsp3) is 0.375. The summed E-state index contributed by atoms with van der Waals surface area (Å²) in [4.78, 5) is 37.8. The molecule has 4 rings (SSSR count). The minimum atomic E-state index is -1.53. The minimum absolute atomic E-state index is 0.0633. The number of nitrogens with two attached hydrogens (primary N) is 1. The first kappa shape index (κ1) is 16.9. The molecule has 0 saturated carbocycles. The number of hydrazone groups is 1. The van der Waals surface area contributed by atoms with Crippen molar-refractivity contribution in [3.8, 4) is 0 Å². The molecule has 3 amide bonds. The van der Waals surface area contributed by atoms with Gasteiger partial charge in [0.1, 0.15) is 11.4 Å². The summed E-state index contributed by atoms with van der Waals surface area (Å²) < 4.78 is 0. The first-order valence-corrected chi connectivity index (χ1v) is 8.97. The second kappa shape index (κ2) is 5.99. The van der Waals surface area contributed by atoms with Crippen LogP contribution in [0.4, 0.5) is 4.79 Å². The van der Waals surface area contributed by atoms with Gasteiger partial charge in [-0.25, -0.2) is 14.6 Å². The van der Waals surface area contributed by atoms with Gasteiger partial charge < -0.3 is 15.7 Å². The van der Waals surface area contributed by atoms with Crippen molar-refractivity contribution in [2.24, 2.45) is 10.8 Å². The van der Waals surface area contributed by atoms with E-state index in [4.69, 9.17) is 5.73 Å². The summed E-state index contributed by atoms with van der Waals surface area (Å²) >= 11 is 1.05. The summed E-state index contributed by atoms with van der Waals surface area (Å²) in [6.45, 7) is 0.433. The van der Waals surface area contributed by atoms with E-state index in [2.05, 4.69) is 5.10 Å². The third-order valence-corrected chi connectivity index (χ3v) is 6.49. The standard InChI is InChI=1S/C16H17N5O4S/c17-11-12(22)19-9-16(14(23)24,26-13(11)19)20-6-7-21(15(20)25)18-8-10-4-2-1-3-5-10/h1-5,8,11,13H,6-7,9,17H2,(H,23,24)/b18-8+/t11-,13-,16-/m1/s1. The molecule has 10 heteroatoms. The fourth-order valence-electron chi connectivity index (χ4n) is 3.35. The third kappa shape index (κ3) is 2.36. The number of carbonyl (C=O) groups excluding carboxylic acids is 2. The molecule has 0 unspecified atom stereocenters. The number of aliphatic carboxylic acids is 1. The second-order valence-electron chi connectivity index (χ2n) is 6.30. The zero-order chi connectivity index (χ0) is 18.5. The van der Waals surface area contributed by atoms with Crippen molar-refractivity contribution >= 4 is 35.9 Å². The van der Waals surface area contributed by atoms with Gasteiger partial charge in [0.2, 0.25) is 10.8 Å². The number of rotatable bonds is 4. The number of hydrogen-bond donors (Lipinski definition) is 2. The van der Waals surface area contributed by atoms with Gasteiger partial charge in [-0.05, 0) is 5.56 Å². The largest absolute Gasteiger partial charge is 0.479 e. The average molecular weight is 375 g/mol. The SMILES string of the molecule is N[C@@H]1C(=O)N2C[C@@](C(=O)O)(N3CCN(/N=C/c4ccccc4)C3=O)S[C@H]12. The van der Waals surface area contributed by atoms with E-state index in [1.807, 2.05) is 30.3 Å². The summed E-state index contributed by atoms with van der Waals surface area (Å²) in [5.41, 5.74) is 6.59. The van der Waals surface area contributed by atoms with Crippen LogP contribution < -0.4 is 5.73 Å². The van der Waals surface area contributed by atoms with Crippen LogP contribution in [-0.2, 0) is 9.59 Å². The zero-order valence-electron chi connectivity index (χ0n) is 13.7. The maximum atomic E-state index is 12.7. The molecule has 3 aliphatic heterocycles. The van der Waals surface area contributed by atoms with Crippen LogP contribution in [0.1, 0.15) is 5.56 Å². The highest BCUT2D eigenvalue weighted by Crippen LogP contribution is 2.49. The van der Waals surface area contributed by atoms with E-state index in [-0.39, 0.29) is 25.5 Å². The molecule has 3 fully saturated rings. The van der Waals surface area contributed by atoms with Gasteiger partial charge in [-0.2, -0.15) is 5.10 Å². The number of nitrogens with zero attached hydrogens (tertiary/aromatic N) is 4. The quantitative estimate of drug-likeness (QED) is 0.555. The second-order valence-corrected chi connectivity index (χ2v) is 7.70. The lowest BCUT2D eigenvalue weighted by molar-refractivity contribution is -0.148. The van der Waals surface area contributed by atoms with Gasteiger partial charge in [-0.3, -0.25) is 9.69 Å². The van der Waals surface area contributed by atoms with E-state index in [0.29, 0.717) is 0 Å². The van der Waals surface area contributed by atoms with Crippen molar-refractivity contribution in [3.63, 3.8) is 0 Å². The topological polar surface area (TPSA) is 120 Å². The third-order valence-electron chi connectivity index (χ3n) is 4.79. The maximum Gasteiger partial charge on any atom is 0.342 e. The molecule has 136 valence electrons. The molecular formula is C16H17N5O4S. The van der Waals surface area contributed by atoms with Crippen molar-refractivity contribution in [2.45, 2.75) is 16.3 Å². The number of carboxylic acid groups (broad SMARTS) is 1. The number of amides is 3. The highest BCUT2D eigenvalue weighted by molar-refractivity contribution is 8.02. The molecule has 3 heterocycles. The number of fused-ring (bicyclic) bond motifs is 1. The Morgan fingerprint density at radius 3 is 2.69 bits per heavy atom. The normalized spacial score (nSPS) is 30.9. The fourth-order valence-corrected chi connectivity index (χ4v) is 4.93. The number of benzene rings is 1. The Labute approximate surface area is 153 Å². The van der Waals surface area contributed by atoms with E-state index >= 15 is 0 Å². The summed E-state index contributed by atoms with van der Waals surface area (Å²) in [5, 5.41) is 14.8. The van der Waals surface area contributed by atoms with Crippen LogP contribution in [0, 0.1) is 0 Å². The Bertz CT molecular complexity index is 803. The number of carbonyl (C=O) groups is 3. The Morgan fingerprint density at radius 2 is 2.04 bits per heavy atom. The lowest BCUT2D eigenvalue weighted by atomic mass is 10.1. The van der Waals surface area contributed by atoms with Crippen LogP contribution in [0.2, 0.25) is 0 Å². The molecule has 26 heavy (non-hydrogen) atoms. The highest BCUT2D eigenvalue weighted by Gasteiger charge is 2.65. The van der Waals surface area contributed by atoms with E-state index in [9.17, 15) is 19.5 Å². The molecule has 3 aliphatic rings. The molecule has 1 aromatic carbocycles. The van der Waals surface area contributed by atoms with Crippen molar-refractivity contribution in [2.75, 3.05) is 19.6 Å². The van der Waals surface area contributed by atoms with Crippen LogP contribution in [-0.4, -0.2) is 80.0 Å². The summed E-state index contributed by atoms with van der Waals surface area (Å²) in [6, 6.07) is 8.10. The highest BCUT2D eigenvalue weighted by atomic mass is 32.2. The molecule has 9 nitrogen and oxygen atoms in total. The van der Waals surface area contributed by atoms with Crippen LogP contribution in [0.15, 0.2) is 35.4 Å². The first-order chi connectivity index (χ1) is 12.4. The van der Waals surface area contributed by atoms with E-state index in [0.717, 1.165) is 17.3 Å². The molecule has 3 atom stereocenters. The zero-order valence-corrected chi connectivity index (χ0v) is 14.5. The van der Waals surface area contributed by atoms with Crippen LogP contribution in [0.25, 0.3) is 0 Å². The smallest absolute Gasteiger partial charge is 0.342 e. The Kier molecular flexibility index (Phi) is 3.88. The number of hydrogen-bond acceptors (Lipinski definition) is 6. The van der Waals surface area contributed by atoms with Crippen LogP contribution in [0.5, 0.6) is 0 Å². The minimum Gasteiger partial charge on any atom is -0.479 e. The average Bonchev–Trinajstić information content (AvgIpc) is 3.20. The van der Waals surface area contributed by atoms with Gasteiger partial charge in [0, 0.05) is 6.54 Å². The summed E-state index contributed by atoms with van der Waals surface area (Å²) in [6.07, 6.45) is 1.56. The molecule has 3 N–H and O–H groups in total. The van der Waals surface area contributed by atoms with Crippen LogP contribution >= 0.6 is 11.8 Å². The molecule has 0 bridgehead atoms. The van der Waals surface area contributed by atoms with E-state index in [1.54, 1.807) is 6.21 Å². The maximum absolute atomic E-state index is 12.7. The van der Waals surface area contributed by atoms with Gasteiger partial charge in [-0.1, -0.05) is 42.1 Å². The summed E-state index contributed by atoms with van der Waals surface area (Å²) in [7, 11) is 0. The van der Waals surface area contributed by atoms with Gasteiger partial charge in [0.25, 0.3) is 0 Å². The lowest BCUT2D eigenvalue weighted by Crippen LogP contribution is -2.65. The van der Waals surface area contributed by atoms with Crippen molar-refractivity contribution in [1.82, 2.24) is 14.8 Å². The number of thioether (sulfide) groups is 1. The van der Waals surface area contributed by atoms with Crippen molar-refractivity contribution < 1.29 is 19.5 Å². The monoisotopic (exact) mass is 375 g/mol. The predicted molar refractivity (Wildman–Crippen MR) is 94.3 cm³/mol. The molecule has 0 aliphatic carbocycles. The van der Waals surface area contributed by atoms with E-state index < -0.39 is 28.3 Å². The molecule has 3 saturated heterocycles. The molecule has 0 spiro atoms. The van der Waals surface area contributed by atoms with Gasteiger partial charge >= 0.3 is 12.0 Å². The van der Waals surface area contributed by atoms with E-state index in [1.165, 1.54) is 14.8 Å². The van der Waals surface area contributed by atoms with Gasteiger partial charge in [-0.15, -0.1) is 0 Å². The Hall–Kier alpha value is -2.59. The molecule has 0 aromatic heterocycles. The number of urea groups is 1. The molecule has 1 aromatic rings. The van der Waals surface area contributed by atoms with Gasteiger partial charge in [0.05, 0.1) is 19.3 Å². The number of β-lactam (4-membered cyclic amide) rings is 1. The van der Waals surface area contributed by atoms with Gasteiger partial charge in [0.15, 0.2) is 0 Å². The van der Waals surface area contributed by atoms with Crippen LogP contribution in [0.3, 0.4) is 0 Å².